The molecule has 0 bridgehead atoms. The Bertz CT molecular complexity index is 710. The van der Waals surface area contributed by atoms with Crippen molar-refractivity contribution in [1.29, 1.82) is 0 Å². The van der Waals surface area contributed by atoms with E-state index in [1.54, 1.807) is 0 Å². The number of benzene rings is 1. The Balaban J connectivity index is 2.11. The monoisotopic (exact) mass is 324 g/mol. The molecule has 0 amide bonds. The van der Waals surface area contributed by atoms with Gasteiger partial charge in [0.1, 0.15) is 5.75 Å². The van der Waals surface area contributed by atoms with Crippen LogP contribution in [0.4, 0.5) is 5.69 Å². The topological polar surface area (TPSA) is 33.6 Å². The molecule has 0 spiro atoms. The fourth-order valence-electron chi connectivity index (χ4n) is 3.12. The number of anilines is 1. The SMILES string of the molecule is C=C(C/C(=C\C)C1=C(C)N=C(C)C1C)Nc1ccccc1OCC. The summed E-state index contributed by atoms with van der Waals surface area (Å²) < 4.78 is 5.67. The van der Waals surface area contributed by atoms with Crippen molar-refractivity contribution in [2.75, 3.05) is 11.9 Å². The first-order chi connectivity index (χ1) is 11.5. The van der Waals surface area contributed by atoms with E-state index in [4.69, 9.17) is 4.74 Å². The molecule has 1 aromatic carbocycles. The van der Waals surface area contributed by atoms with Crippen molar-refractivity contribution in [2.45, 2.75) is 41.0 Å². The van der Waals surface area contributed by atoms with E-state index < -0.39 is 0 Å². The molecule has 1 N–H and O–H groups in total. The molecule has 1 aliphatic rings. The molecule has 0 saturated carbocycles. The van der Waals surface area contributed by atoms with Crippen LogP contribution in [-0.4, -0.2) is 12.3 Å². The smallest absolute Gasteiger partial charge is 0.142 e. The predicted molar refractivity (Wildman–Crippen MR) is 104 cm³/mol. The highest BCUT2D eigenvalue weighted by atomic mass is 16.5. The van der Waals surface area contributed by atoms with E-state index in [0.717, 1.165) is 29.3 Å². The molecule has 1 unspecified atom stereocenters. The van der Waals surface area contributed by atoms with Crippen molar-refractivity contribution in [3.63, 3.8) is 0 Å². The van der Waals surface area contributed by atoms with Crippen LogP contribution < -0.4 is 10.1 Å². The molecule has 1 aromatic rings. The molecule has 3 nitrogen and oxygen atoms in total. The fourth-order valence-corrected chi connectivity index (χ4v) is 3.12. The maximum atomic E-state index is 5.67. The maximum absolute atomic E-state index is 5.67. The fraction of sp³-hybridized carbons (Fsp3) is 0.381. The van der Waals surface area contributed by atoms with Crippen molar-refractivity contribution in [3.05, 3.63) is 59.5 Å². The normalized spacial score (nSPS) is 17.8. The van der Waals surface area contributed by atoms with Gasteiger partial charge < -0.3 is 10.1 Å². The van der Waals surface area contributed by atoms with Crippen LogP contribution in [-0.2, 0) is 0 Å². The van der Waals surface area contributed by atoms with Crippen LogP contribution in [0.3, 0.4) is 0 Å². The minimum absolute atomic E-state index is 0.375. The third kappa shape index (κ3) is 3.97. The van der Waals surface area contributed by atoms with Gasteiger partial charge in [0.25, 0.3) is 0 Å². The first kappa shape index (κ1) is 18.1. The van der Waals surface area contributed by atoms with Gasteiger partial charge in [-0.05, 0) is 51.0 Å². The van der Waals surface area contributed by atoms with Gasteiger partial charge in [0.15, 0.2) is 0 Å². The van der Waals surface area contributed by atoms with E-state index in [2.05, 4.69) is 50.7 Å². The second kappa shape index (κ2) is 8.00. The van der Waals surface area contributed by atoms with Gasteiger partial charge in [-0.2, -0.15) is 0 Å². The highest BCUT2D eigenvalue weighted by molar-refractivity contribution is 5.91. The number of allylic oxidation sites excluding steroid dienone is 4. The zero-order valence-electron chi connectivity index (χ0n) is 15.4. The summed E-state index contributed by atoms with van der Waals surface area (Å²) in [6.45, 7) is 15.3. The summed E-state index contributed by atoms with van der Waals surface area (Å²) in [6.07, 6.45) is 2.95. The summed E-state index contributed by atoms with van der Waals surface area (Å²) in [5.74, 6) is 1.23. The van der Waals surface area contributed by atoms with Gasteiger partial charge in [-0.15, -0.1) is 0 Å². The zero-order chi connectivity index (χ0) is 17.7. The summed E-state index contributed by atoms with van der Waals surface area (Å²) in [7, 11) is 0. The molecule has 0 aromatic heterocycles. The van der Waals surface area contributed by atoms with E-state index >= 15 is 0 Å². The molecule has 1 atom stereocenters. The van der Waals surface area contributed by atoms with Crippen molar-refractivity contribution >= 4 is 11.4 Å². The number of aliphatic imine (C=N–C) groups is 1. The predicted octanol–water partition coefficient (Wildman–Crippen LogP) is 5.73. The molecule has 0 radical (unpaired) electrons. The summed E-state index contributed by atoms with van der Waals surface area (Å²) >= 11 is 0. The molecule has 1 aliphatic heterocycles. The van der Waals surface area contributed by atoms with E-state index in [0.29, 0.717) is 12.5 Å². The number of rotatable bonds is 7. The van der Waals surface area contributed by atoms with Gasteiger partial charge in [-0.1, -0.05) is 31.7 Å². The minimum atomic E-state index is 0.375. The molecule has 128 valence electrons. The third-order valence-corrected chi connectivity index (χ3v) is 4.39. The average molecular weight is 324 g/mol. The number of nitrogens with zero attached hydrogens (tertiary/aromatic N) is 1. The van der Waals surface area contributed by atoms with Gasteiger partial charge in [0, 0.05) is 29.4 Å². The number of ether oxygens (including phenoxy) is 1. The van der Waals surface area contributed by atoms with Gasteiger partial charge in [0.05, 0.1) is 12.3 Å². The Morgan fingerprint density at radius 1 is 1.33 bits per heavy atom. The van der Waals surface area contributed by atoms with Crippen molar-refractivity contribution in [2.24, 2.45) is 10.9 Å². The van der Waals surface area contributed by atoms with Gasteiger partial charge >= 0.3 is 0 Å². The van der Waals surface area contributed by atoms with Gasteiger partial charge in [-0.3, -0.25) is 4.99 Å². The lowest BCUT2D eigenvalue weighted by atomic mass is 9.89. The number of hydrogen-bond acceptors (Lipinski definition) is 3. The van der Waals surface area contributed by atoms with Crippen LogP contribution in [0.5, 0.6) is 5.75 Å². The minimum Gasteiger partial charge on any atom is -0.492 e. The molecule has 0 saturated heterocycles. The third-order valence-electron chi connectivity index (χ3n) is 4.39. The number of nitrogens with one attached hydrogen (secondary N) is 1. The lowest BCUT2D eigenvalue weighted by molar-refractivity contribution is 0.342. The second-order valence-electron chi connectivity index (χ2n) is 6.12. The van der Waals surface area contributed by atoms with Crippen molar-refractivity contribution < 1.29 is 4.74 Å². The molecule has 24 heavy (non-hydrogen) atoms. The molecular weight excluding hydrogens is 296 g/mol. The average Bonchev–Trinajstić information content (AvgIpc) is 2.80. The van der Waals surface area contributed by atoms with E-state index in [9.17, 15) is 0 Å². The van der Waals surface area contributed by atoms with Crippen molar-refractivity contribution in [1.82, 2.24) is 0 Å². The van der Waals surface area contributed by atoms with Crippen LogP contribution in [0.25, 0.3) is 0 Å². The first-order valence-electron chi connectivity index (χ1n) is 8.56. The quantitative estimate of drug-likeness (QED) is 0.694. The molecule has 1 heterocycles. The molecule has 3 heteroatoms. The van der Waals surface area contributed by atoms with Crippen LogP contribution in [0.15, 0.2) is 64.5 Å². The Morgan fingerprint density at radius 3 is 2.62 bits per heavy atom. The van der Waals surface area contributed by atoms with Crippen molar-refractivity contribution in [3.8, 4) is 5.75 Å². The Hall–Kier alpha value is -2.29. The Kier molecular flexibility index (Phi) is 6.02. The number of hydrogen-bond donors (Lipinski definition) is 1. The molecule has 2 rings (SSSR count). The first-order valence-corrected chi connectivity index (χ1v) is 8.56. The molecule has 0 fully saturated rings. The highest BCUT2D eigenvalue weighted by Gasteiger charge is 2.24. The molecular formula is C21H28N2O. The Morgan fingerprint density at radius 2 is 2.04 bits per heavy atom. The lowest BCUT2D eigenvalue weighted by Crippen LogP contribution is -2.09. The summed E-state index contributed by atoms with van der Waals surface area (Å²) in [6, 6.07) is 7.96. The van der Waals surface area contributed by atoms with Gasteiger partial charge in [-0.25, -0.2) is 0 Å². The maximum Gasteiger partial charge on any atom is 0.142 e. The lowest BCUT2D eigenvalue weighted by Gasteiger charge is -2.18. The van der Waals surface area contributed by atoms with Crippen LogP contribution >= 0.6 is 0 Å². The standard InChI is InChI=1S/C21H28N2O/c1-7-18(21-15(4)16(5)23-17(21)6)13-14(3)22-19-11-9-10-12-20(19)24-8-2/h7,9-12,15,22H,3,8,13H2,1-2,4-6H3/b18-7+. The van der Waals surface area contributed by atoms with Crippen LogP contribution in [0.1, 0.15) is 41.0 Å². The second-order valence-corrected chi connectivity index (χ2v) is 6.12. The van der Waals surface area contributed by atoms with Crippen LogP contribution in [0.2, 0.25) is 0 Å². The summed E-state index contributed by atoms with van der Waals surface area (Å²) in [5.41, 5.74) is 6.82. The zero-order valence-corrected chi connectivity index (χ0v) is 15.4. The summed E-state index contributed by atoms with van der Waals surface area (Å²) in [5, 5.41) is 3.40. The highest BCUT2D eigenvalue weighted by Crippen LogP contribution is 2.34. The number of para-hydroxylation sites is 2. The van der Waals surface area contributed by atoms with E-state index in [-0.39, 0.29) is 0 Å². The summed E-state index contributed by atoms with van der Waals surface area (Å²) in [4.78, 5) is 4.64. The Labute approximate surface area is 145 Å². The van der Waals surface area contributed by atoms with E-state index in [1.807, 2.05) is 31.2 Å². The van der Waals surface area contributed by atoms with E-state index in [1.165, 1.54) is 16.9 Å². The van der Waals surface area contributed by atoms with Gasteiger partial charge in [0.2, 0.25) is 0 Å². The molecule has 0 aliphatic carbocycles. The van der Waals surface area contributed by atoms with Crippen LogP contribution in [0, 0.1) is 5.92 Å². The largest absolute Gasteiger partial charge is 0.492 e.